The quantitative estimate of drug-likeness (QED) is 0.760. The van der Waals surface area contributed by atoms with Gasteiger partial charge in [-0.2, -0.15) is 0 Å². The molecule has 0 aromatic rings. The molecule has 4 saturated carbocycles. The predicted octanol–water partition coefficient (Wildman–Crippen LogP) is 2.85. The van der Waals surface area contributed by atoms with Crippen molar-refractivity contribution >= 4 is 5.91 Å². The highest BCUT2D eigenvalue weighted by molar-refractivity contribution is 5.73. The van der Waals surface area contributed by atoms with Gasteiger partial charge in [-0.3, -0.25) is 4.79 Å². The third kappa shape index (κ3) is 1.79. The van der Waals surface area contributed by atoms with E-state index in [2.05, 4.69) is 11.4 Å². The molecule has 88 valence electrons. The van der Waals surface area contributed by atoms with Crippen LogP contribution in [0.1, 0.15) is 45.4 Å². The topological polar surface area (TPSA) is 29.1 Å². The van der Waals surface area contributed by atoms with Gasteiger partial charge in [0.2, 0.25) is 5.91 Å². The first-order valence-electron chi connectivity index (χ1n) is 6.60. The average Bonchev–Trinajstić information content (AvgIpc) is 2.13. The SMILES string of the molecule is CC(=O)NC=CC12CC3CC(CC(C3)C1)C2. The van der Waals surface area contributed by atoms with Crippen molar-refractivity contribution in [3.63, 3.8) is 0 Å². The van der Waals surface area contributed by atoms with Gasteiger partial charge in [-0.15, -0.1) is 0 Å². The van der Waals surface area contributed by atoms with E-state index in [1.54, 1.807) is 6.92 Å². The lowest BCUT2D eigenvalue weighted by Gasteiger charge is -2.55. The zero-order valence-corrected chi connectivity index (χ0v) is 10.0. The highest BCUT2D eigenvalue weighted by atomic mass is 16.1. The van der Waals surface area contributed by atoms with Gasteiger partial charge in [0, 0.05) is 13.1 Å². The van der Waals surface area contributed by atoms with Crippen molar-refractivity contribution in [2.24, 2.45) is 23.2 Å². The predicted molar refractivity (Wildman–Crippen MR) is 63.6 cm³/mol. The minimum Gasteiger partial charge on any atom is -0.333 e. The first kappa shape index (κ1) is 10.4. The number of allylic oxidation sites excluding steroid dienone is 1. The van der Waals surface area contributed by atoms with Crippen molar-refractivity contribution in [2.75, 3.05) is 0 Å². The summed E-state index contributed by atoms with van der Waals surface area (Å²) < 4.78 is 0. The summed E-state index contributed by atoms with van der Waals surface area (Å²) in [4.78, 5) is 10.9. The van der Waals surface area contributed by atoms with Crippen molar-refractivity contribution in [1.82, 2.24) is 5.32 Å². The van der Waals surface area contributed by atoms with E-state index in [1.807, 2.05) is 6.20 Å². The fraction of sp³-hybridized carbons (Fsp3) is 0.786. The van der Waals surface area contributed by atoms with E-state index in [-0.39, 0.29) is 5.91 Å². The van der Waals surface area contributed by atoms with Gasteiger partial charge >= 0.3 is 0 Å². The number of nitrogens with one attached hydrogen (secondary N) is 1. The Bertz CT molecular complexity index is 296. The Morgan fingerprint density at radius 3 is 2.06 bits per heavy atom. The van der Waals surface area contributed by atoms with Crippen LogP contribution in [0.5, 0.6) is 0 Å². The van der Waals surface area contributed by atoms with Gasteiger partial charge in [-0.25, -0.2) is 0 Å². The molecule has 0 unspecified atom stereocenters. The zero-order valence-electron chi connectivity index (χ0n) is 10.0. The maximum Gasteiger partial charge on any atom is 0.220 e. The first-order valence-corrected chi connectivity index (χ1v) is 6.60. The summed E-state index contributed by atoms with van der Waals surface area (Å²) in [5.74, 6) is 2.98. The molecule has 0 aliphatic heterocycles. The smallest absolute Gasteiger partial charge is 0.220 e. The van der Waals surface area contributed by atoms with Crippen LogP contribution in [0.4, 0.5) is 0 Å². The molecule has 4 aliphatic rings. The minimum absolute atomic E-state index is 0.0426. The molecule has 0 spiro atoms. The minimum atomic E-state index is 0.0426. The van der Waals surface area contributed by atoms with Crippen molar-refractivity contribution in [1.29, 1.82) is 0 Å². The van der Waals surface area contributed by atoms with E-state index in [0.717, 1.165) is 17.8 Å². The van der Waals surface area contributed by atoms with Crippen molar-refractivity contribution < 1.29 is 4.79 Å². The Morgan fingerprint density at radius 2 is 1.62 bits per heavy atom. The summed E-state index contributed by atoms with van der Waals surface area (Å²) in [6.07, 6.45) is 12.8. The standard InChI is InChI=1S/C14H21NO/c1-10(16)15-3-2-14-7-11-4-12(8-14)6-13(5-11)9-14/h2-3,11-13H,4-9H2,1H3,(H,15,16). The number of hydrogen-bond acceptors (Lipinski definition) is 1. The van der Waals surface area contributed by atoms with Gasteiger partial charge in [0.25, 0.3) is 0 Å². The van der Waals surface area contributed by atoms with Crippen LogP contribution in [0.15, 0.2) is 12.3 Å². The van der Waals surface area contributed by atoms with Gasteiger partial charge < -0.3 is 5.32 Å². The highest BCUT2D eigenvalue weighted by Gasteiger charge is 2.49. The van der Waals surface area contributed by atoms with E-state index < -0.39 is 0 Å². The maximum atomic E-state index is 10.9. The van der Waals surface area contributed by atoms with E-state index in [1.165, 1.54) is 38.5 Å². The van der Waals surface area contributed by atoms with Crippen LogP contribution < -0.4 is 5.32 Å². The van der Waals surface area contributed by atoms with Crippen LogP contribution >= 0.6 is 0 Å². The van der Waals surface area contributed by atoms with E-state index in [9.17, 15) is 4.79 Å². The van der Waals surface area contributed by atoms with Crippen LogP contribution in [0, 0.1) is 23.2 Å². The summed E-state index contributed by atoms with van der Waals surface area (Å²) in [5, 5.41) is 2.80. The lowest BCUT2D eigenvalue weighted by molar-refractivity contribution is -0.118. The summed E-state index contributed by atoms with van der Waals surface area (Å²) in [6, 6.07) is 0. The van der Waals surface area contributed by atoms with E-state index >= 15 is 0 Å². The van der Waals surface area contributed by atoms with Crippen LogP contribution in [-0.4, -0.2) is 5.91 Å². The first-order chi connectivity index (χ1) is 7.65. The average molecular weight is 219 g/mol. The third-order valence-corrected chi connectivity index (χ3v) is 4.81. The van der Waals surface area contributed by atoms with Crippen molar-refractivity contribution in [2.45, 2.75) is 45.4 Å². The fourth-order valence-corrected chi connectivity index (χ4v) is 4.72. The number of carbonyl (C=O) groups excluding carboxylic acids is 1. The van der Waals surface area contributed by atoms with E-state index in [0.29, 0.717) is 5.41 Å². The molecular formula is C14H21NO. The van der Waals surface area contributed by atoms with Crippen molar-refractivity contribution in [3.8, 4) is 0 Å². The molecule has 0 heterocycles. The molecular weight excluding hydrogens is 198 g/mol. The second-order valence-corrected chi connectivity index (χ2v) is 6.31. The molecule has 0 saturated heterocycles. The molecule has 0 atom stereocenters. The molecule has 2 heteroatoms. The second kappa shape index (κ2) is 3.61. The number of carbonyl (C=O) groups is 1. The van der Waals surface area contributed by atoms with Gasteiger partial charge in [0.1, 0.15) is 0 Å². The molecule has 1 N–H and O–H groups in total. The van der Waals surface area contributed by atoms with Crippen LogP contribution in [0.25, 0.3) is 0 Å². The van der Waals surface area contributed by atoms with Gasteiger partial charge in [-0.05, 0) is 61.7 Å². The van der Waals surface area contributed by atoms with Gasteiger partial charge in [-0.1, -0.05) is 6.08 Å². The molecule has 16 heavy (non-hydrogen) atoms. The monoisotopic (exact) mass is 219 g/mol. The van der Waals surface area contributed by atoms with E-state index in [4.69, 9.17) is 0 Å². The Hall–Kier alpha value is -0.790. The Morgan fingerprint density at radius 1 is 1.12 bits per heavy atom. The normalized spacial score (nSPS) is 45.2. The molecule has 4 aliphatic carbocycles. The zero-order chi connectivity index (χ0) is 11.2. The lowest BCUT2D eigenvalue weighted by Crippen LogP contribution is -2.45. The molecule has 4 fully saturated rings. The van der Waals surface area contributed by atoms with Crippen molar-refractivity contribution in [3.05, 3.63) is 12.3 Å². The third-order valence-electron chi connectivity index (χ3n) is 4.81. The van der Waals surface area contributed by atoms with Crippen LogP contribution in [0.3, 0.4) is 0 Å². The number of rotatable bonds is 2. The Kier molecular flexibility index (Phi) is 2.34. The molecule has 0 radical (unpaired) electrons. The van der Waals surface area contributed by atoms with Crippen LogP contribution in [0.2, 0.25) is 0 Å². The van der Waals surface area contributed by atoms with Gasteiger partial charge in [0.15, 0.2) is 0 Å². The Balaban J connectivity index is 1.73. The molecule has 0 aromatic heterocycles. The fourth-order valence-electron chi connectivity index (χ4n) is 4.72. The number of amides is 1. The molecule has 4 bridgehead atoms. The summed E-state index contributed by atoms with van der Waals surface area (Å²) in [5.41, 5.74) is 0.442. The largest absolute Gasteiger partial charge is 0.333 e. The summed E-state index contributed by atoms with van der Waals surface area (Å²) in [6.45, 7) is 1.57. The summed E-state index contributed by atoms with van der Waals surface area (Å²) >= 11 is 0. The molecule has 2 nitrogen and oxygen atoms in total. The Labute approximate surface area is 97.5 Å². The highest BCUT2D eigenvalue weighted by Crippen LogP contribution is 2.60. The second-order valence-electron chi connectivity index (χ2n) is 6.31. The molecule has 0 aromatic carbocycles. The summed E-state index contributed by atoms with van der Waals surface area (Å²) in [7, 11) is 0. The lowest BCUT2D eigenvalue weighted by atomic mass is 9.50. The maximum absolute atomic E-state index is 10.9. The van der Waals surface area contributed by atoms with Crippen LogP contribution in [-0.2, 0) is 4.79 Å². The molecule has 4 rings (SSSR count). The van der Waals surface area contributed by atoms with Gasteiger partial charge in [0.05, 0.1) is 0 Å². The number of hydrogen-bond donors (Lipinski definition) is 1. The molecule has 1 amide bonds.